The van der Waals surface area contributed by atoms with Crippen LogP contribution < -0.4 is 5.43 Å². The molecule has 1 aromatic heterocycles. The smallest absolute Gasteiger partial charge is 0.343 e. The summed E-state index contributed by atoms with van der Waals surface area (Å²) in [7, 11) is 1.90. The third-order valence-electron chi connectivity index (χ3n) is 3.45. The van der Waals surface area contributed by atoms with Gasteiger partial charge in [0.25, 0.3) is 0 Å². The molecule has 0 aromatic carbocycles. The number of carbonyl (C=O) groups is 1. The van der Waals surface area contributed by atoms with Crippen LogP contribution in [0.4, 0.5) is 0 Å². The lowest BCUT2D eigenvalue weighted by molar-refractivity contribution is 0.0523. The monoisotopic (exact) mass is 249 g/mol. The lowest BCUT2D eigenvalue weighted by Crippen LogP contribution is -2.25. The van der Waals surface area contributed by atoms with Gasteiger partial charge in [-0.1, -0.05) is 6.42 Å². The van der Waals surface area contributed by atoms with Gasteiger partial charge >= 0.3 is 5.97 Å². The molecule has 0 spiro atoms. The third kappa shape index (κ3) is 2.33. The number of hydrogen-bond acceptors (Lipinski definition) is 3. The van der Waals surface area contributed by atoms with Gasteiger partial charge in [-0.2, -0.15) is 0 Å². The van der Waals surface area contributed by atoms with Crippen molar-refractivity contribution in [3.63, 3.8) is 0 Å². The number of hydrogen-bond donors (Lipinski definition) is 0. The summed E-state index contributed by atoms with van der Waals surface area (Å²) in [6.45, 7) is 2.03. The highest BCUT2D eigenvalue weighted by Crippen LogP contribution is 2.18. The van der Waals surface area contributed by atoms with Crippen molar-refractivity contribution in [2.24, 2.45) is 7.05 Å². The van der Waals surface area contributed by atoms with E-state index in [-0.39, 0.29) is 11.0 Å². The molecule has 0 radical (unpaired) electrons. The quantitative estimate of drug-likeness (QED) is 0.593. The fraction of sp³-hybridized carbons (Fsp3) is 0.571. The van der Waals surface area contributed by atoms with E-state index in [4.69, 9.17) is 4.74 Å². The number of pyridine rings is 1. The average Bonchev–Trinajstić information content (AvgIpc) is 2.60. The number of aryl methyl sites for hydroxylation is 1. The maximum absolute atomic E-state index is 12.3. The Bertz CT molecular complexity index is 517. The molecule has 0 amide bonds. The Balaban J connectivity index is 2.52. The molecule has 0 aliphatic heterocycles. The van der Waals surface area contributed by atoms with Crippen molar-refractivity contribution in [1.29, 1.82) is 0 Å². The van der Waals surface area contributed by atoms with Crippen molar-refractivity contribution in [1.82, 2.24) is 4.57 Å². The maximum Gasteiger partial charge on any atom is 0.343 e. The summed E-state index contributed by atoms with van der Waals surface area (Å²) in [4.78, 5) is 24.1. The van der Waals surface area contributed by atoms with Gasteiger partial charge in [-0.05, 0) is 32.6 Å². The first-order valence-corrected chi connectivity index (χ1v) is 6.53. The SMILES string of the molecule is CCOC(=O)c1cn(C)c2c(c1=O)CCCCC2. The first-order chi connectivity index (χ1) is 8.65. The predicted octanol–water partition coefficient (Wildman–Crippen LogP) is 1.83. The van der Waals surface area contributed by atoms with Crippen LogP contribution in [0.5, 0.6) is 0 Å². The molecule has 18 heavy (non-hydrogen) atoms. The van der Waals surface area contributed by atoms with Crippen LogP contribution >= 0.6 is 0 Å². The molecular weight excluding hydrogens is 230 g/mol. The second-order valence-corrected chi connectivity index (χ2v) is 4.69. The minimum Gasteiger partial charge on any atom is -0.462 e. The highest BCUT2D eigenvalue weighted by molar-refractivity contribution is 5.89. The van der Waals surface area contributed by atoms with Crippen LogP contribution in [-0.4, -0.2) is 17.1 Å². The molecule has 0 bridgehead atoms. The van der Waals surface area contributed by atoms with Crippen molar-refractivity contribution in [2.75, 3.05) is 6.61 Å². The molecule has 1 aromatic rings. The molecular formula is C14H19NO3. The van der Waals surface area contributed by atoms with Gasteiger partial charge < -0.3 is 9.30 Å². The van der Waals surface area contributed by atoms with Crippen LogP contribution in [0.15, 0.2) is 11.0 Å². The fourth-order valence-electron chi connectivity index (χ4n) is 2.55. The third-order valence-corrected chi connectivity index (χ3v) is 3.45. The standard InChI is InChI=1S/C14H19NO3/c1-3-18-14(17)11-9-15(2)12-8-6-4-5-7-10(12)13(11)16/h9H,3-8H2,1-2H3. The molecule has 0 N–H and O–H groups in total. The van der Waals surface area contributed by atoms with E-state index in [0.29, 0.717) is 6.61 Å². The number of rotatable bonds is 2. The zero-order chi connectivity index (χ0) is 13.1. The zero-order valence-electron chi connectivity index (χ0n) is 11.0. The van der Waals surface area contributed by atoms with E-state index in [1.165, 1.54) is 0 Å². The van der Waals surface area contributed by atoms with Gasteiger partial charge in [-0.15, -0.1) is 0 Å². The summed E-state index contributed by atoms with van der Waals surface area (Å²) in [5, 5.41) is 0. The first-order valence-electron chi connectivity index (χ1n) is 6.53. The van der Waals surface area contributed by atoms with Gasteiger partial charge in [0.05, 0.1) is 6.61 Å². The summed E-state index contributed by atoms with van der Waals surface area (Å²) >= 11 is 0. The Morgan fingerprint density at radius 1 is 1.33 bits per heavy atom. The van der Waals surface area contributed by atoms with E-state index < -0.39 is 5.97 Å². The molecule has 0 atom stereocenters. The van der Waals surface area contributed by atoms with Gasteiger partial charge in [0.15, 0.2) is 5.43 Å². The van der Waals surface area contributed by atoms with Gasteiger partial charge in [-0.25, -0.2) is 4.79 Å². The van der Waals surface area contributed by atoms with Gasteiger partial charge in [0.2, 0.25) is 0 Å². The highest BCUT2D eigenvalue weighted by Gasteiger charge is 2.20. The van der Waals surface area contributed by atoms with Crippen LogP contribution in [0, 0.1) is 0 Å². The molecule has 1 heterocycles. The van der Waals surface area contributed by atoms with Crippen molar-refractivity contribution in [3.8, 4) is 0 Å². The van der Waals surface area contributed by atoms with E-state index in [1.807, 2.05) is 11.6 Å². The molecule has 1 aliphatic carbocycles. The topological polar surface area (TPSA) is 48.3 Å². The number of esters is 1. The fourth-order valence-corrected chi connectivity index (χ4v) is 2.55. The number of carbonyl (C=O) groups excluding carboxylic acids is 1. The molecule has 0 fully saturated rings. The number of ether oxygens (including phenoxy) is 1. The van der Waals surface area contributed by atoms with E-state index >= 15 is 0 Å². The molecule has 2 rings (SSSR count). The largest absolute Gasteiger partial charge is 0.462 e. The molecule has 0 saturated carbocycles. The highest BCUT2D eigenvalue weighted by atomic mass is 16.5. The van der Waals surface area contributed by atoms with Crippen LogP contribution in [0.3, 0.4) is 0 Å². The Labute approximate surface area is 107 Å². The Kier molecular flexibility index (Phi) is 3.84. The second-order valence-electron chi connectivity index (χ2n) is 4.69. The minimum absolute atomic E-state index is 0.136. The van der Waals surface area contributed by atoms with Gasteiger partial charge in [0, 0.05) is 24.5 Å². The Morgan fingerprint density at radius 3 is 2.78 bits per heavy atom. The van der Waals surface area contributed by atoms with Crippen molar-refractivity contribution < 1.29 is 9.53 Å². The van der Waals surface area contributed by atoms with Crippen molar-refractivity contribution in [2.45, 2.75) is 39.0 Å². The zero-order valence-corrected chi connectivity index (χ0v) is 11.0. The van der Waals surface area contributed by atoms with Crippen LogP contribution in [0.2, 0.25) is 0 Å². The normalized spacial score (nSPS) is 14.8. The summed E-state index contributed by atoms with van der Waals surface area (Å²) in [5.74, 6) is -0.509. The summed E-state index contributed by atoms with van der Waals surface area (Å²) in [5.41, 5.74) is 1.91. The maximum atomic E-state index is 12.3. The molecule has 98 valence electrons. The number of fused-ring (bicyclic) bond motifs is 1. The number of nitrogens with zero attached hydrogens (tertiary/aromatic N) is 1. The number of aromatic nitrogens is 1. The van der Waals surface area contributed by atoms with Crippen LogP contribution in [0.25, 0.3) is 0 Å². The molecule has 0 unspecified atom stereocenters. The lowest BCUT2D eigenvalue weighted by Gasteiger charge is -2.13. The first kappa shape index (κ1) is 12.9. The van der Waals surface area contributed by atoms with Crippen molar-refractivity contribution >= 4 is 5.97 Å². The predicted molar refractivity (Wildman–Crippen MR) is 68.9 cm³/mol. The summed E-state index contributed by atoms with van der Waals surface area (Å²) < 4.78 is 6.84. The Hall–Kier alpha value is -1.58. The second kappa shape index (κ2) is 5.38. The molecule has 1 aliphatic rings. The summed E-state index contributed by atoms with van der Waals surface area (Å²) in [6, 6.07) is 0. The molecule has 4 nitrogen and oxygen atoms in total. The van der Waals surface area contributed by atoms with Crippen LogP contribution in [-0.2, 0) is 24.6 Å². The van der Waals surface area contributed by atoms with E-state index in [9.17, 15) is 9.59 Å². The molecule has 4 heteroatoms. The average molecular weight is 249 g/mol. The summed E-state index contributed by atoms with van der Waals surface area (Å²) in [6.07, 6.45) is 6.58. The molecule has 0 saturated heterocycles. The van der Waals surface area contributed by atoms with Gasteiger partial charge in [0.1, 0.15) is 5.56 Å². The lowest BCUT2D eigenvalue weighted by atomic mass is 10.0. The van der Waals surface area contributed by atoms with E-state index in [0.717, 1.165) is 43.4 Å². The van der Waals surface area contributed by atoms with Crippen molar-refractivity contribution in [3.05, 3.63) is 33.2 Å². The van der Waals surface area contributed by atoms with E-state index in [2.05, 4.69) is 0 Å². The van der Waals surface area contributed by atoms with Crippen LogP contribution in [0.1, 0.15) is 47.8 Å². The van der Waals surface area contributed by atoms with E-state index in [1.54, 1.807) is 13.1 Å². The minimum atomic E-state index is -0.509. The van der Waals surface area contributed by atoms with Gasteiger partial charge in [-0.3, -0.25) is 4.79 Å². The Morgan fingerprint density at radius 2 is 2.06 bits per heavy atom.